The summed E-state index contributed by atoms with van der Waals surface area (Å²) in [5, 5.41) is 1.06. The molecular weight excluding hydrogens is 383 g/mol. The summed E-state index contributed by atoms with van der Waals surface area (Å²) in [6, 6.07) is 5.51. The van der Waals surface area contributed by atoms with Gasteiger partial charge in [0.2, 0.25) is 11.8 Å². The van der Waals surface area contributed by atoms with Crippen LogP contribution in [-0.2, 0) is 16.0 Å². The van der Waals surface area contributed by atoms with Gasteiger partial charge in [0.25, 0.3) is 0 Å². The van der Waals surface area contributed by atoms with Gasteiger partial charge in [-0.15, -0.1) is 0 Å². The maximum absolute atomic E-state index is 12.8. The summed E-state index contributed by atoms with van der Waals surface area (Å²) in [5.41, 5.74) is 0.904. The molecule has 148 valence electrons. The van der Waals surface area contributed by atoms with Gasteiger partial charge in [-0.1, -0.05) is 42.3 Å². The Labute approximate surface area is 171 Å². The highest BCUT2D eigenvalue weighted by molar-refractivity contribution is 6.42. The zero-order chi connectivity index (χ0) is 19.4. The highest BCUT2D eigenvalue weighted by Gasteiger charge is 2.31. The van der Waals surface area contributed by atoms with Crippen molar-refractivity contribution in [2.24, 2.45) is 11.8 Å². The van der Waals surface area contributed by atoms with Gasteiger partial charge in [0.05, 0.1) is 10.0 Å². The number of nitrogens with zero attached hydrogens (tertiary/aromatic N) is 2. The zero-order valence-electron chi connectivity index (χ0n) is 15.9. The van der Waals surface area contributed by atoms with Crippen molar-refractivity contribution in [2.45, 2.75) is 45.4 Å². The van der Waals surface area contributed by atoms with Gasteiger partial charge in [0.15, 0.2) is 0 Å². The lowest BCUT2D eigenvalue weighted by molar-refractivity contribution is -0.142. The standard InChI is InChI=1S/C21H28Cl2N2O2/c1-15-4-3-11-25(14-15)21(27)17-9-12-24(13-10-17)19(26)8-7-16-5-2-6-18(22)20(16)23/h2,5-6,15,17H,3-4,7-14H2,1H3/t15-/m1/s1. The summed E-state index contributed by atoms with van der Waals surface area (Å²) in [5.74, 6) is 1.09. The summed E-state index contributed by atoms with van der Waals surface area (Å²) >= 11 is 12.2. The molecule has 1 aromatic rings. The summed E-state index contributed by atoms with van der Waals surface area (Å²) in [4.78, 5) is 29.2. The fourth-order valence-corrected chi connectivity index (χ4v) is 4.58. The van der Waals surface area contributed by atoms with Crippen molar-refractivity contribution in [1.29, 1.82) is 0 Å². The number of amides is 2. The average molecular weight is 411 g/mol. The highest BCUT2D eigenvalue weighted by Crippen LogP contribution is 2.27. The predicted molar refractivity (Wildman–Crippen MR) is 109 cm³/mol. The van der Waals surface area contributed by atoms with Crippen molar-refractivity contribution in [3.05, 3.63) is 33.8 Å². The molecule has 0 aliphatic carbocycles. The third-order valence-corrected chi connectivity index (χ3v) is 6.66. The molecule has 4 nitrogen and oxygen atoms in total. The molecule has 2 amide bonds. The Hall–Kier alpha value is -1.26. The van der Waals surface area contributed by atoms with Crippen LogP contribution in [-0.4, -0.2) is 47.8 Å². The largest absolute Gasteiger partial charge is 0.343 e. The maximum atomic E-state index is 12.8. The molecule has 3 rings (SSSR count). The van der Waals surface area contributed by atoms with Gasteiger partial charge in [0.1, 0.15) is 0 Å². The third-order valence-electron chi connectivity index (χ3n) is 5.81. The number of benzene rings is 1. The van der Waals surface area contributed by atoms with E-state index in [0.29, 0.717) is 47.8 Å². The molecule has 0 radical (unpaired) electrons. The van der Waals surface area contributed by atoms with E-state index in [1.54, 1.807) is 6.07 Å². The number of hydrogen-bond donors (Lipinski definition) is 0. The summed E-state index contributed by atoms with van der Waals surface area (Å²) < 4.78 is 0. The topological polar surface area (TPSA) is 40.6 Å². The van der Waals surface area contributed by atoms with Gasteiger partial charge in [0, 0.05) is 38.5 Å². The number of carbonyl (C=O) groups excluding carboxylic acids is 2. The Morgan fingerprint density at radius 3 is 2.52 bits per heavy atom. The second kappa shape index (κ2) is 9.29. The average Bonchev–Trinajstić information content (AvgIpc) is 2.68. The Kier molecular flexibility index (Phi) is 7.04. The Morgan fingerprint density at radius 2 is 1.81 bits per heavy atom. The van der Waals surface area contributed by atoms with Crippen LogP contribution >= 0.6 is 23.2 Å². The molecule has 0 bridgehead atoms. The summed E-state index contributed by atoms with van der Waals surface area (Å²) in [6.07, 6.45) is 4.87. The second-order valence-electron chi connectivity index (χ2n) is 7.90. The minimum atomic E-state index is 0.0710. The number of carbonyl (C=O) groups is 2. The van der Waals surface area contributed by atoms with Crippen LogP contribution in [0.5, 0.6) is 0 Å². The number of hydrogen-bond acceptors (Lipinski definition) is 2. The molecule has 0 unspecified atom stereocenters. The first-order valence-corrected chi connectivity index (χ1v) is 10.7. The van der Waals surface area contributed by atoms with E-state index in [4.69, 9.17) is 23.2 Å². The number of aryl methyl sites for hydroxylation is 1. The highest BCUT2D eigenvalue weighted by atomic mass is 35.5. The Bertz CT molecular complexity index is 687. The smallest absolute Gasteiger partial charge is 0.225 e. The summed E-state index contributed by atoms with van der Waals surface area (Å²) in [7, 11) is 0. The molecule has 2 heterocycles. The van der Waals surface area contributed by atoms with Crippen molar-refractivity contribution in [3.63, 3.8) is 0 Å². The number of rotatable bonds is 4. The minimum Gasteiger partial charge on any atom is -0.343 e. The van der Waals surface area contributed by atoms with Crippen LogP contribution in [0.1, 0.15) is 44.6 Å². The quantitative estimate of drug-likeness (QED) is 0.736. The molecule has 0 aromatic heterocycles. The van der Waals surface area contributed by atoms with Crippen molar-refractivity contribution in [1.82, 2.24) is 9.80 Å². The number of halogens is 2. The van der Waals surface area contributed by atoms with E-state index >= 15 is 0 Å². The van der Waals surface area contributed by atoms with Crippen LogP contribution in [0, 0.1) is 11.8 Å². The second-order valence-corrected chi connectivity index (χ2v) is 8.68. The molecule has 2 aliphatic rings. The molecule has 27 heavy (non-hydrogen) atoms. The molecule has 1 atom stereocenters. The molecule has 2 fully saturated rings. The van der Waals surface area contributed by atoms with Gasteiger partial charge in [-0.3, -0.25) is 9.59 Å². The first-order valence-electron chi connectivity index (χ1n) is 9.95. The van der Waals surface area contributed by atoms with E-state index in [1.807, 2.05) is 21.9 Å². The van der Waals surface area contributed by atoms with Crippen molar-refractivity contribution in [2.75, 3.05) is 26.2 Å². The lowest BCUT2D eigenvalue weighted by Crippen LogP contribution is -2.47. The zero-order valence-corrected chi connectivity index (χ0v) is 17.4. The molecule has 0 saturated carbocycles. The molecule has 1 aromatic carbocycles. The van der Waals surface area contributed by atoms with Crippen molar-refractivity contribution >= 4 is 35.0 Å². The first kappa shape index (κ1) is 20.5. The molecule has 0 N–H and O–H groups in total. The van der Waals surface area contributed by atoms with Crippen molar-refractivity contribution < 1.29 is 9.59 Å². The molecule has 0 spiro atoms. The normalized spacial score (nSPS) is 21.4. The van der Waals surface area contributed by atoms with Crippen LogP contribution in [0.4, 0.5) is 0 Å². The predicted octanol–water partition coefficient (Wildman–Crippen LogP) is 4.42. The summed E-state index contributed by atoms with van der Waals surface area (Å²) in [6.45, 7) is 5.33. The molecule has 6 heteroatoms. The van der Waals surface area contributed by atoms with E-state index in [1.165, 1.54) is 6.42 Å². The SMILES string of the molecule is C[C@@H]1CCCN(C(=O)C2CCN(C(=O)CCc3cccc(Cl)c3Cl)CC2)C1. The van der Waals surface area contributed by atoms with Gasteiger partial charge < -0.3 is 9.80 Å². The van der Waals surface area contributed by atoms with Crippen LogP contribution in [0.2, 0.25) is 10.0 Å². The third kappa shape index (κ3) is 5.17. The van der Waals surface area contributed by atoms with Crippen LogP contribution in [0.25, 0.3) is 0 Å². The molecular formula is C21H28Cl2N2O2. The van der Waals surface area contributed by atoms with Crippen LogP contribution in [0.15, 0.2) is 18.2 Å². The van der Waals surface area contributed by atoms with E-state index in [0.717, 1.165) is 37.9 Å². The maximum Gasteiger partial charge on any atom is 0.225 e. The van der Waals surface area contributed by atoms with E-state index in [2.05, 4.69) is 6.92 Å². The first-order chi connectivity index (χ1) is 13.0. The number of likely N-dealkylation sites (tertiary alicyclic amines) is 2. The lowest BCUT2D eigenvalue weighted by atomic mass is 9.92. The van der Waals surface area contributed by atoms with Gasteiger partial charge in [-0.05, 0) is 49.7 Å². The van der Waals surface area contributed by atoms with Crippen LogP contribution < -0.4 is 0 Å². The minimum absolute atomic E-state index is 0.0710. The van der Waals surface area contributed by atoms with Crippen molar-refractivity contribution in [3.8, 4) is 0 Å². The van der Waals surface area contributed by atoms with Gasteiger partial charge in [-0.25, -0.2) is 0 Å². The fourth-order valence-electron chi connectivity index (χ4n) is 4.16. The number of piperidine rings is 2. The lowest BCUT2D eigenvalue weighted by Gasteiger charge is -2.37. The van der Waals surface area contributed by atoms with Crippen LogP contribution in [0.3, 0.4) is 0 Å². The van der Waals surface area contributed by atoms with Gasteiger partial charge >= 0.3 is 0 Å². The van der Waals surface area contributed by atoms with E-state index in [9.17, 15) is 9.59 Å². The van der Waals surface area contributed by atoms with E-state index in [-0.39, 0.29) is 11.8 Å². The Balaban J connectivity index is 1.46. The van der Waals surface area contributed by atoms with Gasteiger partial charge in [-0.2, -0.15) is 0 Å². The monoisotopic (exact) mass is 410 g/mol. The van der Waals surface area contributed by atoms with E-state index < -0.39 is 0 Å². The molecule has 2 aliphatic heterocycles. The fraction of sp³-hybridized carbons (Fsp3) is 0.619. The molecule has 2 saturated heterocycles. The Morgan fingerprint density at radius 1 is 1.07 bits per heavy atom.